The molecule has 300 valence electrons. The lowest BCUT2D eigenvalue weighted by Crippen LogP contribution is -2.57. The number of urea groups is 1. The van der Waals surface area contributed by atoms with E-state index in [1.54, 1.807) is 17.0 Å². The van der Waals surface area contributed by atoms with Crippen LogP contribution in [0.5, 0.6) is 0 Å². The average Bonchev–Trinajstić information content (AvgIpc) is 3.31. The van der Waals surface area contributed by atoms with Gasteiger partial charge in [0.1, 0.15) is 6.17 Å². The van der Waals surface area contributed by atoms with Gasteiger partial charge in [0, 0.05) is 70.5 Å². The van der Waals surface area contributed by atoms with Crippen molar-refractivity contribution >= 4 is 35.3 Å². The fraction of sp³-hybridized carbons (Fsp3) is 0.568. The molecule has 4 N–H and O–H groups in total. The maximum absolute atomic E-state index is 14.3. The quantitative estimate of drug-likeness (QED) is 0.246. The zero-order valence-electron chi connectivity index (χ0n) is 30.2. The van der Waals surface area contributed by atoms with Gasteiger partial charge in [0.05, 0.1) is 22.7 Å². The minimum absolute atomic E-state index is 0.0425. The van der Waals surface area contributed by atoms with Gasteiger partial charge in [-0.25, -0.2) is 9.59 Å². The lowest BCUT2D eigenvalue weighted by Gasteiger charge is -2.43. The van der Waals surface area contributed by atoms with Crippen molar-refractivity contribution in [3.63, 3.8) is 0 Å². The van der Waals surface area contributed by atoms with E-state index in [1.165, 1.54) is 14.7 Å². The number of anilines is 2. The normalized spacial score (nSPS) is 21.1. The summed E-state index contributed by atoms with van der Waals surface area (Å²) in [4.78, 5) is 61.4. The van der Waals surface area contributed by atoms with Crippen LogP contribution < -0.4 is 11.1 Å². The number of carboxylic acid groups (broad SMARTS) is 1. The molecule has 2 aromatic rings. The smallest absolute Gasteiger partial charge is 0.418 e. The first kappa shape index (κ1) is 39.9. The van der Waals surface area contributed by atoms with Gasteiger partial charge in [-0.2, -0.15) is 26.3 Å². The SMILES string of the molecule is Nc1c(C(F)(F)F)cc(C[C@@H](CC(=O)N2CCCCC2N2CCc3ccccc3NC2=O)C(=O)N2CCC(N3CCN(C(=O)O)CC3)CC2)cc1C(F)(F)F. The zero-order valence-corrected chi connectivity index (χ0v) is 30.2. The first-order valence-electron chi connectivity index (χ1n) is 18.5. The van der Waals surface area contributed by atoms with Crippen molar-refractivity contribution in [1.29, 1.82) is 0 Å². The third kappa shape index (κ3) is 9.05. The molecule has 4 heterocycles. The Morgan fingerprint density at radius 3 is 2.09 bits per heavy atom. The van der Waals surface area contributed by atoms with Gasteiger partial charge in [-0.3, -0.25) is 14.5 Å². The highest BCUT2D eigenvalue weighted by atomic mass is 19.4. The zero-order chi connectivity index (χ0) is 39.7. The molecule has 12 nitrogen and oxygen atoms in total. The summed E-state index contributed by atoms with van der Waals surface area (Å²) >= 11 is 0. The molecule has 2 aromatic carbocycles. The number of nitrogens with one attached hydrogen (secondary N) is 1. The van der Waals surface area contributed by atoms with Crippen LogP contribution in [-0.4, -0.2) is 118 Å². The summed E-state index contributed by atoms with van der Waals surface area (Å²) in [6.45, 7) is 2.72. The number of fused-ring (bicyclic) bond motifs is 1. The van der Waals surface area contributed by atoms with E-state index in [1.807, 2.05) is 12.1 Å². The number of nitrogen functional groups attached to an aromatic ring is 1. The summed E-state index contributed by atoms with van der Waals surface area (Å²) in [5.74, 6) is -2.43. The topological polar surface area (TPSA) is 143 Å². The first-order valence-corrected chi connectivity index (χ1v) is 18.5. The number of hydrogen-bond donors (Lipinski definition) is 3. The molecular weight excluding hydrogens is 736 g/mol. The highest BCUT2D eigenvalue weighted by Crippen LogP contribution is 2.42. The fourth-order valence-electron chi connectivity index (χ4n) is 8.35. The Morgan fingerprint density at radius 1 is 0.836 bits per heavy atom. The second-order valence-corrected chi connectivity index (χ2v) is 14.7. The number of para-hydroxylation sites is 1. The summed E-state index contributed by atoms with van der Waals surface area (Å²) in [5, 5.41) is 12.2. The van der Waals surface area contributed by atoms with Gasteiger partial charge in [-0.15, -0.1) is 0 Å². The average molecular weight is 782 g/mol. The Hall–Kier alpha value is -4.74. The summed E-state index contributed by atoms with van der Waals surface area (Å²) in [6.07, 6.45) is -9.91. The minimum Gasteiger partial charge on any atom is -0.465 e. The molecule has 6 rings (SSSR count). The molecule has 4 aliphatic heterocycles. The molecule has 0 aliphatic carbocycles. The van der Waals surface area contributed by atoms with E-state index in [0.717, 1.165) is 5.56 Å². The van der Waals surface area contributed by atoms with Gasteiger partial charge in [0.25, 0.3) is 0 Å². The predicted octanol–water partition coefficient (Wildman–Crippen LogP) is 5.57. The number of carbonyl (C=O) groups excluding carboxylic acids is 3. The van der Waals surface area contributed by atoms with E-state index in [9.17, 15) is 50.6 Å². The van der Waals surface area contributed by atoms with E-state index < -0.39 is 83.6 Å². The minimum atomic E-state index is -5.22. The number of benzene rings is 2. The Kier molecular flexibility index (Phi) is 11.7. The highest BCUT2D eigenvalue weighted by molar-refractivity contribution is 5.92. The summed E-state index contributed by atoms with van der Waals surface area (Å²) in [5.41, 5.74) is 1.70. The maximum Gasteiger partial charge on any atom is 0.418 e. The molecule has 55 heavy (non-hydrogen) atoms. The molecule has 0 bridgehead atoms. The molecule has 5 amide bonds. The second kappa shape index (κ2) is 16.2. The Labute approximate surface area is 314 Å². The molecule has 0 saturated carbocycles. The number of piperazine rings is 1. The maximum atomic E-state index is 14.3. The van der Waals surface area contributed by atoms with E-state index in [-0.39, 0.29) is 25.7 Å². The van der Waals surface area contributed by atoms with Crippen LogP contribution in [0.4, 0.5) is 47.3 Å². The molecule has 3 fully saturated rings. The Morgan fingerprint density at radius 2 is 1.47 bits per heavy atom. The monoisotopic (exact) mass is 781 g/mol. The van der Waals surface area contributed by atoms with Crippen LogP contribution >= 0.6 is 0 Å². The number of halogens is 6. The molecule has 4 aliphatic rings. The van der Waals surface area contributed by atoms with Crippen molar-refractivity contribution in [2.24, 2.45) is 5.92 Å². The van der Waals surface area contributed by atoms with Crippen LogP contribution in [0, 0.1) is 5.92 Å². The summed E-state index contributed by atoms with van der Waals surface area (Å²) in [7, 11) is 0. The van der Waals surface area contributed by atoms with Crippen LogP contribution in [0.1, 0.15) is 60.8 Å². The van der Waals surface area contributed by atoms with Gasteiger partial charge < -0.3 is 35.8 Å². The van der Waals surface area contributed by atoms with Crippen molar-refractivity contribution in [3.8, 4) is 0 Å². The van der Waals surface area contributed by atoms with E-state index in [2.05, 4.69) is 10.2 Å². The number of nitrogens with two attached hydrogens (primary N) is 1. The van der Waals surface area contributed by atoms with Gasteiger partial charge in [-0.1, -0.05) is 18.2 Å². The van der Waals surface area contributed by atoms with E-state index in [0.29, 0.717) is 89.1 Å². The van der Waals surface area contributed by atoms with E-state index >= 15 is 0 Å². The first-order chi connectivity index (χ1) is 26.0. The van der Waals surface area contributed by atoms with Crippen LogP contribution in [0.15, 0.2) is 36.4 Å². The van der Waals surface area contributed by atoms with Crippen molar-refractivity contribution in [1.82, 2.24) is 24.5 Å². The van der Waals surface area contributed by atoms with Crippen molar-refractivity contribution in [2.45, 2.75) is 75.9 Å². The molecule has 3 saturated heterocycles. The number of piperidine rings is 2. The lowest BCUT2D eigenvalue weighted by molar-refractivity contribution is -0.146. The standard InChI is InChI=1S/C37H45F6N7O5/c38-36(39,40)27-20-23(21-28(32(27)44)37(41,42)43)19-25(33(52)47-12-9-26(10-13-47)46-15-17-48(18-16-46)35(54)55)22-31(51)49-11-4-3-7-30(49)50-14-8-24-5-1-2-6-29(24)45-34(50)53/h1-2,5-6,20-21,25-26,30H,3-4,7-19,22,44H2,(H,45,53)(H,54,55)/t25-,30?/m0/s1. The van der Waals surface area contributed by atoms with Crippen LogP contribution in [-0.2, 0) is 34.8 Å². The lowest BCUT2D eigenvalue weighted by atomic mass is 9.90. The molecule has 0 spiro atoms. The third-order valence-electron chi connectivity index (χ3n) is 11.3. The van der Waals surface area contributed by atoms with Crippen molar-refractivity contribution in [2.75, 3.05) is 63.4 Å². The summed E-state index contributed by atoms with van der Waals surface area (Å²) < 4.78 is 84.0. The molecule has 2 atom stereocenters. The Bertz CT molecular complexity index is 1720. The number of hydrogen-bond acceptors (Lipinski definition) is 6. The molecular formula is C37H45F6N7O5. The molecule has 18 heteroatoms. The van der Waals surface area contributed by atoms with Crippen molar-refractivity contribution < 1.29 is 50.6 Å². The highest BCUT2D eigenvalue weighted by Gasteiger charge is 2.42. The van der Waals surface area contributed by atoms with Crippen LogP contribution in [0.2, 0.25) is 0 Å². The van der Waals surface area contributed by atoms with Gasteiger partial charge in [-0.05, 0) is 74.3 Å². The largest absolute Gasteiger partial charge is 0.465 e. The number of likely N-dealkylation sites (tertiary alicyclic amines) is 2. The number of nitrogens with zero attached hydrogens (tertiary/aromatic N) is 5. The molecule has 1 unspecified atom stereocenters. The van der Waals surface area contributed by atoms with Crippen LogP contribution in [0.3, 0.4) is 0 Å². The second-order valence-electron chi connectivity index (χ2n) is 14.7. The molecule has 0 radical (unpaired) electrons. The number of amides is 5. The van der Waals surface area contributed by atoms with Crippen molar-refractivity contribution in [3.05, 3.63) is 58.7 Å². The van der Waals surface area contributed by atoms with Gasteiger partial charge in [0.2, 0.25) is 11.8 Å². The Balaban J connectivity index is 1.24. The third-order valence-corrected chi connectivity index (χ3v) is 11.3. The predicted molar refractivity (Wildman–Crippen MR) is 189 cm³/mol. The van der Waals surface area contributed by atoms with Gasteiger partial charge in [0.15, 0.2) is 0 Å². The molecule has 0 aromatic heterocycles. The number of alkyl halides is 6. The van der Waals surface area contributed by atoms with Crippen LogP contribution in [0.25, 0.3) is 0 Å². The summed E-state index contributed by atoms with van der Waals surface area (Å²) in [6, 6.07) is 8.00. The number of rotatable bonds is 7. The number of carbonyl (C=O) groups is 4. The van der Waals surface area contributed by atoms with Gasteiger partial charge >= 0.3 is 24.5 Å². The fourth-order valence-corrected chi connectivity index (χ4v) is 8.35. The van der Waals surface area contributed by atoms with E-state index in [4.69, 9.17) is 5.73 Å².